The lowest BCUT2D eigenvalue weighted by molar-refractivity contribution is -0.505. The number of nitrogens with one attached hydrogen (secondary N) is 2. The standard InChI is InChI=1S/C33H38N8O7/c1-3-24(48-41(44)45)10-7-8-19-47-29(42)20-34-32(43)27-13-9-14-28-30(27)40(33(35-28)46-4-2)21-22-15-17-23(18-16-22)25-11-5-6-12-26(25)31-36-38-39-37-31/h5-6,9,11-18,24,44-45H,3-4,7-8,10,19-21H2,1-2H3,(H,34,43)(H,36,37,38,39). The van der Waals surface area contributed by atoms with Crippen molar-refractivity contribution in [2.24, 2.45) is 0 Å². The Morgan fingerprint density at radius 2 is 1.79 bits per heavy atom. The van der Waals surface area contributed by atoms with Crippen LogP contribution in [0.5, 0.6) is 6.01 Å². The van der Waals surface area contributed by atoms with E-state index < -0.39 is 11.9 Å². The van der Waals surface area contributed by atoms with Crippen molar-refractivity contribution in [1.29, 1.82) is 0 Å². The maximum Gasteiger partial charge on any atom is 0.325 e. The normalized spacial score (nSPS) is 11.9. The molecule has 0 saturated heterocycles. The molecule has 0 spiro atoms. The van der Waals surface area contributed by atoms with Gasteiger partial charge in [-0.3, -0.25) is 24.6 Å². The van der Waals surface area contributed by atoms with Gasteiger partial charge in [0.15, 0.2) is 0 Å². The highest BCUT2D eigenvalue weighted by Gasteiger charge is 2.20. The third kappa shape index (κ3) is 8.57. The fraction of sp³-hybridized carbons (Fsp3) is 0.333. The molecule has 1 unspecified atom stereocenters. The van der Waals surface area contributed by atoms with Crippen molar-refractivity contribution >= 4 is 22.9 Å². The smallest absolute Gasteiger partial charge is 0.325 e. The maximum atomic E-state index is 13.4. The number of rotatable bonds is 17. The number of H-pyrrole nitrogens is 1. The van der Waals surface area contributed by atoms with Gasteiger partial charge in [-0.25, -0.2) is 4.84 Å². The van der Waals surface area contributed by atoms with Gasteiger partial charge in [0.25, 0.3) is 11.9 Å². The molecule has 252 valence electrons. The molecule has 0 fully saturated rings. The number of amides is 1. The summed E-state index contributed by atoms with van der Waals surface area (Å²) in [4.78, 5) is 35.2. The van der Waals surface area contributed by atoms with E-state index in [0.717, 1.165) is 22.3 Å². The second-order valence-electron chi connectivity index (χ2n) is 10.9. The summed E-state index contributed by atoms with van der Waals surface area (Å²) in [5, 5.41) is 34.4. The first-order valence-corrected chi connectivity index (χ1v) is 15.7. The molecule has 1 amide bonds. The number of ether oxygens (including phenoxy) is 2. The van der Waals surface area contributed by atoms with E-state index in [-0.39, 0.29) is 24.6 Å². The third-order valence-electron chi connectivity index (χ3n) is 7.64. The molecule has 4 N–H and O–H groups in total. The largest absolute Gasteiger partial charge is 0.465 e. The van der Waals surface area contributed by atoms with E-state index in [1.165, 1.54) is 0 Å². The van der Waals surface area contributed by atoms with Crippen molar-refractivity contribution in [1.82, 2.24) is 40.9 Å². The van der Waals surface area contributed by atoms with Gasteiger partial charge < -0.3 is 14.8 Å². The van der Waals surface area contributed by atoms with Crippen LogP contribution in [0, 0.1) is 0 Å². The second kappa shape index (κ2) is 16.6. The van der Waals surface area contributed by atoms with Gasteiger partial charge in [-0.15, -0.1) is 10.2 Å². The highest BCUT2D eigenvalue weighted by atomic mass is 17.1. The Balaban J connectivity index is 1.26. The zero-order valence-corrected chi connectivity index (χ0v) is 26.7. The molecule has 15 nitrogen and oxygen atoms in total. The van der Waals surface area contributed by atoms with Gasteiger partial charge in [0.1, 0.15) is 6.54 Å². The first-order chi connectivity index (χ1) is 23.4. The number of aromatic amines is 1. The first kappa shape index (κ1) is 34.1. The van der Waals surface area contributed by atoms with Gasteiger partial charge in [-0.05, 0) is 66.6 Å². The number of esters is 1. The Hall–Kier alpha value is -5.22. The van der Waals surface area contributed by atoms with E-state index in [1.54, 1.807) is 12.1 Å². The van der Waals surface area contributed by atoms with Crippen molar-refractivity contribution < 1.29 is 34.3 Å². The molecule has 0 aliphatic carbocycles. The van der Waals surface area contributed by atoms with Crippen molar-refractivity contribution in [3.63, 3.8) is 0 Å². The molecule has 0 saturated carbocycles. The van der Waals surface area contributed by atoms with Crippen LogP contribution >= 0.6 is 0 Å². The lowest BCUT2D eigenvalue weighted by Crippen LogP contribution is -2.31. The van der Waals surface area contributed by atoms with Crippen LogP contribution in [0.3, 0.4) is 0 Å². The lowest BCUT2D eigenvalue weighted by Gasteiger charge is -2.16. The maximum absolute atomic E-state index is 13.4. The number of fused-ring (bicyclic) bond motifs is 1. The number of hydrogen-bond donors (Lipinski definition) is 4. The number of para-hydroxylation sites is 1. The predicted octanol–water partition coefficient (Wildman–Crippen LogP) is 4.56. The van der Waals surface area contributed by atoms with Crippen molar-refractivity contribution in [3.8, 4) is 28.5 Å². The zero-order valence-electron chi connectivity index (χ0n) is 26.7. The summed E-state index contributed by atoms with van der Waals surface area (Å²) in [6, 6.07) is 21.5. The van der Waals surface area contributed by atoms with Crippen LogP contribution in [0.4, 0.5) is 0 Å². The predicted molar refractivity (Wildman–Crippen MR) is 173 cm³/mol. The topological polar surface area (TPSA) is 190 Å². The van der Waals surface area contributed by atoms with Crippen LogP contribution in [0.1, 0.15) is 55.5 Å². The SMILES string of the molecule is CCOc1nc2cccc(C(=O)NCC(=O)OCCCCC(CC)ON(O)O)c2n1Cc1ccc(-c2ccccc2-c2nn[nH]n2)cc1. The number of hydrogen-bond acceptors (Lipinski definition) is 12. The van der Waals surface area contributed by atoms with Gasteiger partial charge in [-0.1, -0.05) is 61.5 Å². The van der Waals surface area contributed by atoms with Crippen molar-refractivity contribution in [3.05, 3.63) is 77.9 Å². The van der Waals surface area contributed by atoms with Crippen LogP contribution in [-0.4, -0.2) is 83.7 Å². The summed E-state index contributed by atoms with van der Waals surface area (Å²) in [6.45, 7) is 4.35. The average molecular weight is 659 g/mol. The minimum absolute atomic E-state index is 0.161. The summed E-state index contributed by atoms with van der Waals surface area (Å²) in [5.41, 5.74) is 5.25. The Morgan fingerprint density at radius 3 is 2.50 bits per heavy atom. The molecule has 0 bridgehead atoms. The molecule has 2 aromatic heterocycles. The monoisotopic (exact) mass is 658 g/mol. The van der Waals surface area contributed by atoms with Crippen molar-refractivity contribution in [2.45, 2.75) is 52.2 Å². The molecule has 48 heavy (non-hydrogen) atoms. The number of aromatic nitrogens is 6. The van der Waals surface area contributed by atoms with E-state index in [2.05, 4.69) is 30.9 Å². The molecule has 2 heterocycles. The molecule has 0 aliphatic rings. The molecular weight excluding hydrogens is 620 g/mol. The number of carbonyl (C=O) groups excluding carboxylic acids is 2. The minimum Gasteiger partial charge on any atom is -0.465 e. The quantitative estimate of drug-likeness (QED) is 0.0620. The number of imidazole rings is 1. The Kier molecular flexibility index (Phi) is 11.8. The molecule has 1 atom stereocenters. The summed E-state index contributed by atoms with van der Waals surface area (Å²) in [7, 11) is 0. The Labute approximate surface area is 276 Å². The fourth-order valence-electron chi connectivity index (χ4n) is 5.33. The minimum atomic E-state index is -0.569. The number of benzene rings is 3. The molecule has 3 aromatic carbocycles. The third-order valence-corrected chi connectivity index (χ3v) is 7.64. The number of unbranched alkanes of at least 4 members (excludes halogenated alkanes) is 1. The van der Waals surface area contributed by atoms with Crippen LogP contribution in [0.15, 0.2) is 66.7 Å². The fourth-order valence-corrected chi connectivity index (χ4v) is 5.33. The summed E-state index contributed by atoms with van der Waals surface area (Å²) < 4.78 is 13.0. The second-order valence-corrected chi connectivity index (χ2v) is 10.9. The molecule has 15 heteroatoms. The van der Waals surface area contributed by atoms with Crippen LogP contribution in [-0.2, 0) is 20.9 Å². The van der Waals surface area contributed by atoms with E-state index in [4.69, 9.17) is 24.7 Å². The summed E-state index contributed by atoms with van der Waals surface area (Å²) in [5.74, 6) is -0.511. The van der Waals surface area contributed by atoms with E-state index in [9.17, 15) is 9.59 Å². The number of tetrazole rings is 1. The highest BCUT2D eigenvalue weighted by Crippen LogP contribution is 2.31. The highest BCUT2D eigenvalue weighted by molar-refractivity contribution is 6.06. The van der Waals surface area contributed by atoms with E-state index in [0.29, 0.717) is 67.3 Å². The zero-order chi connectivity index (χ0) is 33.9. The van der Waals surface area contributed by atoms with E-state index in [1.807, 2.05) is 73.0 Å². The molecule has 5 aromatic rings. The number of carbonyl (C=O) groups is 2. The van der Waals surface area contributed by atoms with Crippen LogP contribution in [0.25, 0.3) is 33.5 Å². The average Bonchev–Trinajstić information content (AvgIpc) is 3.75. The number of nitrogens with zero attached hydrogens (tertiary/aromatic N) is 6. The first-order valence-electron chi connectivity index (χ1n) is 15.7. The van der Waals surface area contributed by atoms with Crippen molar-refractivity contribution in [2.75, 3.05) is 19.8 Å². The Bertz CT molecular complexity index is 1790. The lowest BCUT2D eigenvalue weighted by atomic mass is 9.98. The van der Waals surface area contributed by atoms with E-state index >= 15 is 0 Å². The van der Waals surface area contributed by atoms with Gasteiger partial charge in [-0.2, -0.15) is 10.2 Å². The Morgan fingerprint density at radius 1 is 1.00 bits per heavy atom. The van der Waals surface area contributed by atoms with Crippen LogP contribution in [0.2, 0.25) is 0 Å². The molecule has 0 aliphatic heterocycles. The van der Waals surface area contributed by atoms with Gasteiger partial charge in [0.2, 0.25) is 5.82 Å². The molecule has 0 radical (unpaired) electrons. The van der Waals surface area contributed by atoms with Crippen LogP contribution < -0.4 is 10.1 Å². The molecule has 5 rings (SSSR count). The van der Waals surface area contributed by atoms with Gasteiger partial charge in [0.05, 0.1) is 47.8 Å². The van der Waals surface area contributed by atoms with Gasteiger partial charge in [0, 0.05) is 5.56 Å². The summed E-state index contributed by atoms with van der Waals surface area (Å²) >= 11 is 0. The molecular formula is C33H38N8O7. The van der Waals surface area contributed by atoms with Gasteiger partial charge >= 0.3 is 5.97 Å². The summed E-state index contributed by atoms with van der Waals surface area (Å²) in [6.07, 6.45) is 1.99.